The van der Waals surface area contributed by atoms with Gasteiger partial charge in [-0.05, 0) is 36.6 Å². The summed E-state index contributed by atoms with van der Waals surface area (Å²) in [5.74, 6) is -6.82. The first-order chi connectivity index (χ1) is 17.5. The fourth-order valence-electron chi connectivity index (χ4n) is 4.94. The SMILES string of the molecule is COC(=O)c1oc2ccc(C(F)(F)F)cc2c1N(CCN=[N+]=[N-])CC(F)(F)C1CCC2(CC1)OCCO2. The minimum Gasteiger partial charge on any atom is -0.463 e. The van der Waals surface area contributed by atoms with Gasteiger partial charge in [-0.25, -0.2) is 13.6 Å². The number of methoxy groups -OCH3 is 1. The zero-order chi connectivity index (χ0) is 26.8. The van der Waals surface area contributed by atoms with Crippen LogP contribution in [0, 0.1) is 5.92 Å². The molecule has 37 heavy (non-hydrogen) atoms. The van der Waals surface area contributed by atoms with Crippen molar-refractivity contribution in [2.45, 2.75) is 43.6 Å². The lowest BCUT2D eigenvalue weighted by Crippen LogP contribution is -2.47. The molecule has 0 amide bonds. The normalized spacial score (nSPS) is 18.2. The van der Waals surface area contributed by atoms with E-state index >= 15 is 8.78 Å². The second-order valence-corrected chi connectivity index (χ2v) is 9.00. The van der Waals surface area contributed by atoms with Crippen LogP contribution in [0.15, 0.2) is 27.7 Å². The molecule has 202 valence electrons. The Labute approximate surface area is 208 Å². The fourth-order valence-corrected chi connectivity index (χ4v) is 4.94. The molecule has 1 saturated heterocycles. The van der Waals surface area contributed by atoms with Gasteiger partial charge in [-0.3, -0.25) is 0 Å². The number of carbonyl (C=O) groups is 1. The zero-order valence-electron chi connectivity index (χ0n) is 19.9. The summed E-state index contributed by atoms with van der Waals surface area (Å²) in [5, 5.41) is 3.19. The van der Waals surface area contributed by atoms with Crippen LogP contribution in [0.5, 0.6) is 0 Å². The van der Waals surface area contributed by atoms with Crippen molar-refractivity contribution in [3.05, 3.63) is 40.0 Å². The van der Waals surface area contributed by atoms with Gasteiger partial charge in [0.2, 0.25) is 5.76 Å². The van der Waals surface area contributed by atoms with Gasteiger partial charge < -0.3 is 23.5 Å². The third kappa shape index (κ3) is 5.60. The quantitative estimate of drug-likeness (QED) is 0.137. The molecule has 14 heteroatoms. The highest BCUT2D eigenvalue weighted by Crippen LogP contribution is 2.46. The van der Waals surface area contributed by atoms with Crippen molar-refractivity contribution in [2.24, 2.45) is 11.0 Å². The summed E-state index contributed by atoms with van der Waals surface area (Å²) in [7, 11) is 1.03. The number of nitrogens with zero attached hydrogens (tertiary/aromatic N) is 4. The molecule has 0 radical (unpaired) electrons. The van der Waals surface area contributed by atoms with Crippen LogP contribution in [0.1, 0.15) is 41.8 Å². The second kappa shape index (κ2) is 10.3. The number of azide groups is 1. The molecule has 1 aromatic heterocycles. The summed E-state index contributed by atoms with van der Waals surface area (Å²) in [6.07, 6.45) is -3.96. The number of hydrogen-bond acceptors (Lipinski definition) is 7. The lowest BCUT2D eigenvalue weighted by atomic mass is 9.81. The number of fused-ring (bicyclic) bond motifs is 1. The molecule has 2 fully saturated rings. The lowest BCUT2D eigenvalue weighted by Gasteiger charge is -2.40. The first-order valence-corrected chi connectivity index (χ1v) is 11.6. The first-order valence-electron chi connectivity index (χ1n) is 11.6. The predicted octanol–water partition coefficient (Wildman–Crippen LogP) is 5.92. The minimum atomic E-state index is -4.73. The van der Waals surface area contributed by atoms with Gasteiger partial charge in [-0.2, -0.15) is 13.2 Å². The van der Waals surface area contributed by atoms with Crippen LogP contribution >= 0.6 is 0 Å². The Morgan fingerprint density at radius 3 is 2.49 bits per heavy atom. The molecule has 9 nitrogen and oxygen atoms in total. The smallest absolute Gasteiger partial charge is 0.416 e. The van der Waals surface area contributed by atoms with Crippen molar-refractivity contribution in [3.63, 3.8) is 0 Å². The Hall–Kier alpha value is -3.09. The van der Waals surface area contributed by atoms with Gasteiger partial charge in [0.25, 0.3) is 5.92 Å². The Kier molecular flexibility index (Phi) is 7.54. The Morgan fingerprint density at radius 1 is 1.22 bits per heavy atom. The number of halogens is 5. The highest BCUT2D eigenvalue weighted by atomic mass is 19.4. The number of anilines is 1. The molecule has 2 aliphatic rings. The van der Waals surface area contributed by atoms with Crippen LogP contribution in [-0.4, -0.2) is 57.6 Å². The zero-order valence-corrected chi connectivity index (χ0v) is 19.9. The Bertz CT molecular complexity index is 1180. The summed E-state index contributed by atoms with van der Waals surface area (Å²) in [5.41, 5.74) is 7.23. The molecule has 0 unspecified atom stereocenters. The highest BCUT2D eigenvalue weighted by molar-refractivity contribution is 6.04. The maximum absolute atomic E-state index is 15.7. The van der Waals surface area contributed by atoms with Gasteiger partial charge in [0, 0.05) is 42.1 Å². The number of rotatable bonds is 8. The summed E-state index contributed by atoms with van der Waals surface area (Å²) >= 11 is 0. The minimum absolute atomic E-state index is 0.103. The van der Waals surface area contributed by atoms with E-state index in [1.54, 1.807) is 0 Å². The topological polar surface area (TPSA) is 110 Å². The standard InChI is InChI=1S/C23H25F5N4O5/c1-34-20(33)19-18(16-12-15(23(26,27)28)2-3-17(16)37-19)32(9-8-30-31-29)13-22(24,25)14-4-6-21(7-5-14)35-10-11-36-21/h2-3,12,14H,4-11,13H2,1H3. The van der Waals surface area contributed by atoms with Crippen LogP contribution in [-0.2, 0) is 20.4 Å². The van der Waals surface area contributed by atoms with E-state index in [4.69, 9.17) is 24.2 Å². The highest BCUT2D eigenvalue weighted by Gasteiger charge is 2.49. The molecule has 0 N–H and O–H groups in total. The maximum Gasteiger partial charge on any atom is 0.416 e. The van der Waals surface area contributed by atoms with Gasteiger partial charge in [0.15, 0.2) is 5.79 Å². The van der Waals surface area contributed by atoms with Crippen molar-refractivity contribution in [1.82, 2.24) is 0 Å². The number of furan rings is 1. The van der Waals surface area contributed by atoms with Crippen molar-refractivity contribution >= 4 is 22.6 Å². The van der Waals surface area contributed by atoms with Gasteiger partial charge in [-0.1, -0.05) is 5.11 Å². The van der Waals surface area contributed by atoms with Gasteiger partial charge >= 0.3 is 12.1 Å². The van der Waals surface area contributed by atoms with Crippen LogP contribution < -0.4 is 4.90 Å². The summed E-state index contributed by atoms with van der Waals surface area (Å²) in [4.78, 5) is 16.1. The van der Waals surface area contributed by atoms with Crippen LogP contribution in [0.2, 0.25) is 0 Å². The number of alkyl halides is 5. The number of ether oxygens (including phenoxy) is 3. The van der Waals surface area contributed by atoms with E-state index in [1.807, 2.05) is 0 Å². The van der Waals surface area contributed by atoms with E-state index in [0.717, 1.165) is 30.2 Å². The average Bonchev–Trinajstić information content (AvgIpc) is 3.47. The van der Waals surface area contributed by atoms with E-state index in [1.165, 1.54) is 0 Å². The molecule has 1 aliphatic carbocycles. The van der Waals surface area contributed by atoms with E-state index in [0.29, 0.717) is 13.2 Å². The molecular formula is C23H25F5N4O5. The molecule has 2 aromatic rings. The predicted molar refractivity (Wildman–Crippen MR) is 120 cm³/mol. The summed E-state index contributed by atoms with van der Waals surface area (Å²) in [6, 6.07) is 2.51. The second-order valence-electron chi connectivity index (χ2n) is 9.00. The molecule has 4 rings (SSSR count). The van der Waals surface area contributed by atoms with Crippen LogP contribution in [0.25, 0.3) is 21.4 Å². The number of benzene rings is 1. The Balaban J connectivity index is 1.71. The van der Waals surface area contributed by atoms with Crippen LogP contribution in [0.3, 0.4) is 0 Å². The maximum atomic E-state index is 15.7. The molecule has 2 heterocycles. The van der Waals surface area contributed by atoms with Gasteiger partial charge in [0.1, 0.15) is 5.58 Å². The van der Waals surface area contributed by atoms with Crippen molar-refractivity contribution in [1.29, 1.82) is 0 Å². The molecule has 1 aromatic carbocycles. The summed E-state index contributed by atoms with van der Waals surface area (Å²) in [6.45, 7) is -0.746. The summed E-state index contributed by atoms with van der Waals surface area (Å²) < 4.78 is 93.0. The molecule has 0 bridgehead atoms. The van der Waals surface area contributed by atoms with E-state index in [9.17, 15) is 18.0 Å². The molecule has 0 atom stereocenters. The molecule has 1 saturated carbocycles. The van der Waals surface area contributed by atoms with E-state index in [-0.39, 0.29) is 55.4 Å². The third-order valence-corrected chi connectivity index (χ3v) is 6.77. The number of carbonyl (C=O) groups excluding carboxylic acids is 1. The largest absolute Gasteiger partial charge is 0.463 e. The van der Waals surface area contributed by atoms with Gasteiger partial charge in [-0.15, -0.1) is 0 Å². The number of hydrogen-bond donors (Lipinski definition) is 0. The average molecular weight is 532 g/mol. The monoisotopic (exact) mass is 532 g/mol. The number of esters is 1. The van der Waals surface area contributed by atoms with E-state index < -0.39 is 47.6 Å². The lowest BCUT2D eigenvalue weighted by molar-refractivity contribution is -0.197. The van der Waals surface area contributed by atoms with Crippen LogP contribution in [0.4, 0.5) is 27.6 Å². The Morgan fingerprint density at radius 2 is 1.89 bits per heavy atom. The fraction of sp³-hybridized carbons (Fsp3) is 0.609. The molecule has 1 spiro atoms. The molecule has 1 aliphatic heterocycles. The first kappa shape index (κ1) is 27.0. The van der Waals surface area contributed by atoms with E-state index in [2.05, 4.69) is 10.0 Å². The third-order valence-electron chi connectivity index (χ3n) is 6.77. The van der Waals surface area contributed by atoms with Crippen molar-refractivity contribution in [3.8, 4) is 0 Å². The van der Waals surface area contributed by atoms with Crippen molar-refractivity contribution in [2.75, 3.05) is 44.9 Å². The van der Waals surface area contributed by atoms with Gasteiger partial charge in [0.05, 0.1) is 38.1 Å². The van der Waals surface area contributed by atoms with Crippen molar-refractivity contribution < 1.29 is 45.4 Å². The molecular weight excluding hydrogens is 507 g/mol.